The highest BCUT2D eigenvalue weighted by Gasteiger charge is 2.93. The summed E-state index contributed by atoms with van der Waals surface area (Å²) in [6, 6.07) is 0. The molecule has 0 amide bonds. The molecule has 15 heteroatoms. The molecule has 164 valence electrons. The van der Waals surface area contributed by atoms with E-state index in [4.69, 9.17) is 5.11 Å². The van der Waals surface area contributed by atoms with Gasteiger partial charge in [-0.3, -0.25) is 0 Å². The van der Waals surface area contributed by atoms with Crippen molar-refractivity contribution in [3.63, 3.8) is 0 Å². The number of carbonyl (C=O) groups is 1. The maximum atomic E-state index is 14.5. The van der Waals surface area contributed by atoms with Gasteiger partial charge in [0.15, 0.2) is 0 Å². The zero-order valence-corrected chi connectivity index (χ0v) is 13.2. The molecular formula is C13H10F12O3. The van der Waals surface area contributed by atoms with Crippen molar-refractivity contribution in [3.05, 3.63) is 12.7 Å². The van der Waals surface area contributed by atoms with Crippen molar-refractivity contribution in [2.45, 2.75) is 47.2 Å². The number of ether oxygens (including phenoxy) is 1. The summed E-state index contributed by atoms with van der Waals surface area (Å²) in [4.78, 5) is 10.9. The molecule has 3 nitrogen and oxygen atoms in total. The molecule has 0 spiro atoms. The van der Waals surface area contributed by atoms with Crippen molar-refractivity contribution in [1.29, 1.82) is 0 Å². The van der Waals surface area contributed by atoms with Crippen molar-refractivity contribution in [1.82, 2.24) is 0 Å². The summed E-state index contributed by atoms with van der Waals surface area (Å²) in [5, 5.41) is 8.94. The van der Waals surface area contributed by atoms with Gasteiger partial charge >= 0.3 is 29.6 Å². The van der Waals surface area contributed by atoms with E-state index in [0.717, 1.165) is 0 Å². The fourth-order valence-corrected chi connectivity index (χ4v) is 2.47. The minimum absolute atomic E-state index is 0.194. The topological polar surface area (TPSA) is 46.5 Å². The molecule has 0 aromatic rings. The third kappa shape index (κ3) is 2.60. The predicted octanol–water partition coefficient (Wildman–Crippen LogP) is 3.70. The Kier molecular flexibility index (Phi) is 5.59. The second kappa shape index (κ2) is 6.42. The lowest BCUT2D eigenvalue weighted by atomic mass is 9.70. The van der Waals surface area contributed by atoms with Crippen molar-refractivity contribution in [2.24, 2.45) is 0 Å². The van der Waals surface area contributed by atoms with Crippen LogP contribution in [0.3, 0.4) is 0 Å². The summed E-state index contributed by atoms with van der Waals surface area (Å²) in [7, 11) is 0. The SMILES string of the molecule is C=CC(=O)OC1(F)CC(O)(F)C(F)(F)C(F)(CF)C(F)(F)C(F)(CF)C1(F)F. The van der Waals surface area contributed by atoms with E-state index in [2.05, 4.69) is 11.3 Å². The number of hydrogen-bond acceptors (Lipinski definition) is 3. The van der Waals surface area contributed by atoms with Gasteiger partial charge in [-0.25, -0.2) is 26.7 Å². The minimum atomic E-state index is -7.21. The maximum Gasteiger partial charge on any atom is 0.358 e. The third-order valence-electron chi connectivity index (χ3n) is 4.20. The summed E-state index contributed by atoms with van der Waals surface area (Å²) in [5.74, 6) is -35.3. The molecule has 1 N–H and O–H groups in total. The molecule has 1 fully saturated rings. The van der Waals surface area contributed by atoms with Gasteiger partial charge in [-0.15, -0.1) is 0 Å². The first-order valence-corrected chi connectivity index (χ1v) is 6.87. The second-order valence-electron chi connectivity index (χ2n) is 5.88. The van der Waals surface area contributed by atoms with Crippen molar-refractivity contribution >= 4 is 5.97 Å². The van der Waals surface area contributed by atoms with Crippen LogP contribution < -0.4 is 0 Å². The molecule has 1 aliphatic rings. The lowest BCUT2D eigenvalue weighted by molar-refractivity contribution is -0.439. The summed E-state index contributed by atoms with van der Waals surface area (Å²) in [6.45, 7) is -5.12. The average Bonchev–Trinajstić information content (AvgIpc) is 2.57. The molecule has 0 radical (unpaired) electrons. The van der Waals surface area contributed by atoms with E-state index in [-0.39, 0.29) is 6.08 Å². The van der Waals surface area contributed by atoms with E-state index in [1.54, 1.807) is 0 Å². The van der Waals surface area contributed by atoms with Crippen LogP contribution in [-0.4, -0.2) is 65.2 Å². The van der Waals surface area contributed by atoms with Crippen LogP contribution in [0.5, 0.6) is 0 Å². The van der Waals surface area contributed by atoms with Gasteiger partial charge in [0.2, 0.25) is 0 Å². The van der Waals surface area contributed by atoms with Crippen molar-refractivity contribution in [3.8, 4) is 0 Å². The van der Waals surface area contributed by atoms with Gasteiger partial charge in [-0.2, -0.15) is 30.7 Å². The quantitative estimate of drug-likeness (QED) is 0.411. The van der Waals surface area contributed by atoms with Gasteiger partial charge in [-0.1, -0.05) is 6.58 Å². The Bertz CT molecular complexity index is 653. The Morgan fingerprint density at radius 3 is 1.61 bits per heavy atom. The summed E-state index contributed by atoms with van der Waals surface area (Å²) in [5.41, 5.74) is -13.2. The molecule has 1 saturated carbocycles. The molecule has 0 aliphatic heterocycles. The van der Waals surface area contributed by atoms with Crippen molar-refractivity contribution in [2.75, 3.05) is 13.3 Å². The largest absolute Gasteiger partial charge is 0.418 e. The van der Waals surface area contributed by atoms with Gasteiger partial charge in [0.05, 0.1) is 6.42 Å². The standard InChI is InChI=1S/C13H10F12O3/c1-2-6(26)28-10(19)3-9(18,27)12(22,23)7(16,4-14)11(20,21)8(17,5-15)13(10,24)25/h2,27H,1,3-5H2. The zero-order chi connectivity index (χ0) is 22.6. The van der Waals surface area contributed by atoms with Gasteiger partial charge in [0.25, 0.3) is 17.2 Å². The van der Waals surface area contributed by atoms with E-state index in [1.165, 1.54) is 0 Å². The summed E-state index contributed by atoms with van der Waals surface area (Å²) >= 11 is 0. The highest BCUT2D eigenvalue weighted by atomic mass is 19.3. The lowest BCUT2D eigenvalue weighted by Crippen LogP contribution is -2.81. The van der Waals surface area contributed by atoms with Crippen LogP contribution in [0, 0.1) is 0 Å². The van der Waals surface area contributed by atoms with Crippen LogP contribution in [0.25, 0.3) is 0 Å². The molecule has 0 aromatic heterocycles. The number of carbonyl (C=O) groups excluding carboxylic acids is 1. The average molecular weight is 442 g/mol. The minimum Gasteiger partial charge on any atom is -0.418 e. The number of alkyl halides is 12. The van der Waals surface area contributed by atoms with Gasteiger partial charge < -0.3 is 9.84 Å². The van der Waals surface area contributed by atoms with E-state index >= 15 is 0 Å². The highest BCUT2D eigenvalue weighted by molar-refractivity contribution is 5.81. The fourth-order valence-electron chi connectivity index (χ4n) is 2.47. The Morgan fingerprint density at radius 2 is 1.25 bits per heavy atom. The van der Waals surface area contributed by atoms with E-state index in [1.807, 2.05) is 0 Å². The maximum absolute atomic E-state index is 14.5. The third-order valence-corrected chi connectivity index (χ3v) is 4.20. The smallest absolute Gasteiger partial charge is 0.358 e. The highest BCUT2D eigenvalue weighted by Crippen LogP contribution is 2.65. The number of halogens is 12. The normalized spacial score (nSPS) is 42.2. The summed E-state index contributed by atoms with van der Waals surface area (Å²) < 4.78 is 170. The monoisotopic (exact) mass is 442 g/mol. The molecule has 1 rings (SSSR count). The molecule has 0 aromatic carbocycles. The van der Waals surface area contributed by atoms with E-state index < -0.39 is 66.6 Å². The van der Waals surface area contributed by atoms with Crippen molar-refractivity contribution < 1.29 is 67.3 Å². The molecular weight excluding hydrogens is 432 g/mol. The van der Waals surface area contributed by atoms with Crippen LogP contribution in [0.1, 0.15) is 6.42 Å². The zero-order valence-electron chi connectivity index (χ0n) is 13.2. The van der Waals surface area contributed by atoms with E-state index in [9.17, 15) is 57.5 Å². The number of rotatable bonds is 4. The molecule has 4 atom stereocenters. The van der Waals surface area contributed by atoms with Gasteiger partial charge in [0, 0.05) is 6.08 Å². The molecule has 1 aliphatic carbocycles. The lowest BCUT2D eigenvalue weighted by Gasteiger charge is -2.52. The van der Waals surface area contributed by atoms with Crippen LogP contribution in [0.15, 0.2) is 12.7 Å². The van der Waals surface area contributed by atoms with Gasteiger partial charge in [-0.05, 0) is 0 Å². The van der Waals surface area contributed by atoms with Crippen LogP contribution in [0.2, 0.25) is 0 Å². The van der Waals surface area contributed by atoms with Crippen LogP contribution in [-0.2, 0) is 9.53 Å². The molecule has 28 heavy (non-hydrogen) atoms. The van der Waals surface area contributed by atoms with E-state index in [0.29, 0.717) is 0 Å². The Morgan fingerprint density at radius 1 is 0.857 bits per heavy atom. The van der Waals surface area contributed by atoms with Crippen LogP contribution in [0.4, 0.5) is 52.7 Å². The number of hydrogen-bond donors (Lipinski definition) is 1. The van der Waals surface area contributed by atoms with Gasteiger partial charge in [0.1, 0.15) is 13.3 Å². The fraction of sp³-hybridized carbons (Fsp3) is 0.769. The first kappa shape index (κ1) is 24.4. The molecule has 0 bridgehead atoms. The number of esters is 1. The predicted molar refractivity (Wildman–Crippen MR) is 65.3 cm³/mol. The summed E-state index contributed by atoms with van der Waals surface area (Å²) in [6.07, 6.45) is -3.80. The second-order valence-corrected chi connectivity index (χ2v) is 5.88. The molecule has 0 saturated heterocycles. The molecule has 0 heterocycles. The van der Waals surface area contributed by atoms with Crippen LogP contribution >= 0.6 is 0 Å². The first-order chi connectivity index (χ1) is 12.3. The molecule has 4 unspecified atom stereocenters. The Hall–Kier alpha value is -1.67. The Balaban J connectivity index is 4.03. The number of aliphatic hydroxyl groups is 1. The first-order valence-electron chi connectivity index (χ1n) is 6.87. The Labute approximate surface area is 147 Å².